The van der Waals surface area contributed by atoms with E-state index >= 15 is 0 Å². The molecule has 0 saturated carbocycles. The highest BCUT2D eigenvalue weighted by Gasteiger charge is 2.30. The van der Waals surface area contributed by atoms with Crippen molar-refractivity contribution in [1.29, 1.82) is 0 Å². The standard InChI is InChI=1S/C7H14N2O2/c1-3-10-4-7(2)5-11-6(8)9-7/h3-5H2,1-2H3,(H2,8,9). The van der Waals surface area contributed by atoms with E-state index in [1.54, 1.807) is 0 Å². The first kappa shape index (κ1) is 8.33. The van der Waals surface area contributed by atoms with Crippen LogP contribution in [0.4, 0.5) is 0 Å². The average Bonchev–Trinajstić information content (AvgIpc) is 2.28. The average molecular weight is 158 g/mol. The minimum Gasteiger partial charge on any atom is -0.463 e. The number of amidine groups is 1. The molecule has 64 valence electrons. The molecule has 1 atom stereocenters. The van der Waals surface area contributed by atoms with Crippen LogP contribution in [0.1, 0.15) is 13.8 Å². The Morgan fingerprint density at radius 3 is 3.00 bits per heavy atom. The highest BCUT2D eigenvalue weighted by Crippen LogP contribution is 2.16. The Labute approximate surface area is 66.4 Å². The molecule has 0 bridgehead atoms. The van der Waals surface area contributed by atoms with Crippen molar-refractivity contribution in [2.75, 3.05) is 19.8 Å². The predicted octanol–water partition coefficient (Wildman–Crippen LogP) is 0.126. The van der Waals surface area contributed by atoms with Gasteiger partial charge in [-0.05, 0) is 13.8 Å². The maximum atomic E-state index is 5.35. The van der Waals surface area contributed by atoms with Gasteiger partial charge in [-0.1, -0.05) is 0 Å². The molecule has 1 rings (SSSR count). The summed E-state index contributed by atoms with van der Waals surface area (Å²) in [6, 6.07) is 0.271. The van der Waals surface area contributed by atoms with Crippen LogP contribution in [0.5, 0.6) is 0 Å². The minimum absolute atomic E-state index is 0.264. The van der Waals surface area contributed by atoms with Gasteiger partial charge in [-0.2, -0.15) is 0 Å². The lowest BCUT2D eigenvalue weighted by Gasteiger charge is -2.16. The largest absolute Gasteiger partial charge is 0.463 e. The van der Waals surface area contributed by atoms with E-state index < -0.39 is 0 Å². The van der Waals surface area contributed by atoms with Crippen LogP contribution in [-0.4, -0.2) is 31.4 Å². The van der Waals surface area contributed by atoms with Gasteiger partial charge < -0.3 is 15.2 Å². The normalized spacial score (nSPS) is 29.8. The number of nitrogens with two attached hydrogens (primary N) is 1. The fraction of sp³-hybridized carbons (Fsp3) is 0.857. The lowest BCUT2D eigenvalue weighted by atomic mass is 10.1. The van der Waals surface area contributed by atoms with Gasteiger partial charge in [0, 0.05) is 6.61 Å². The molecule has 0 radical (unpaired) electrons. The van der Waals surface area contributed by atoms with Gasteiger partial charge >= 0.3 is 0 Å². The molecule has 11 heavy (non-hydrogen) atoms. The quantitative estimate of drug-likeness (QED) is 0.635. The molecular formula is C7H14N2O2. The summed E-state index contributed by atoms with van der Waals surface area (Å²) in [5, 5.41) is 0. The second-order valence-corrected chi connectivity index (χ2v) is 2.87. The SMILES string of the molecule is CCOCC1(C)COC(N)=N1. The second-order valence-electron chi connectivity index (χ2n) is 2.87. The summed E-state index contributed by atoms with van der Waals surface area (Å²) in [5.74, 6) is 0. The Balaban J connectivity index is 2.42. The molecule has 0 fully saturated rings. The van der Waals surface area contributed by atoms with Gasteiger partial charge in [0.05, 0.1) is 6.61 Å². The molecular weight excluding hydrogens is 144 g/mol. The van der Waals surface area contributed by atoms with Gasteiger partial charge in [-0.25, -0.2) is 4.99 Å². The smallest absolute Gasteiger partial charge is 0.282 e. The number of hydrogen-bond donors (Lipinski definition) is 1. The molecule has 0 saturated heterocycles. The molecule has 0 aromatic heterocycles. The monoisotopic (exact) mass is 158 g/mol. The maximum absolute atomic E-state index is 5.35. The summed E-state index contributed by atoms with van der Waals surface area (Å²) < 4.78 is 10.2. The molecule has 1 aliphatic rings. The number of nitrogens with zero attached hydrogens (tertiary/aromatic N) is 1. The fourth-order valence-corrected chi connectivity index (χ4v) is 0.956. The van der Waals surface area contributed by atoms with Crippen molar-refractivity contribution in [3.63, 3.8) is 0 Å². The summed E-state index contributed by atoms with van der Waals surface area (Å²) in [6.07, 6.45) is 0. The molecule has 0 aromatic rings. The van der Waals surface area contributed by atoms with Crippen LogP contribution in [0.2, 0.25) is 0 Å². The van der Waals surface area contributed by atoms with Crippen molar-refractivity contribution in [1.82, 2.24) is 0 Å². The zero-order valence-electron chi connectivity index (χ0n) is 6.96. The van der Waals surface area contributed by atoms with E-state index in [0.717, 1.165) is 0 Å². The van der Waals surface area contributed by atoms with Crippen LogP contribution >= 0.6 is 0 Å². The Morgan fingerprint density at radius 2 is 2.55 bits per heavy atom. The Morgan fingerprint density at radius 1 is 1.82 bits per heavy atom. The van der Waals surface area contributed by atoms with Crippen LogP contribution in [0.15, 0.2) is 4.99 Å². The van der Waals surface area contributed by atoms with Crippen molar-refractivity contribution < 1.29 is 9.47 Å². The molecule has 0 amide bonds. The molecule has 1 aliphatic heterocycles. The summed E-state index contributed by atoms with van der Waals surface area (Å²) in [4.78, 5) is 4.11. The van der Waals surface area contributed by atoms with Crippen molar-refractivity contribution in [3.8, 4) is 0 Å². The molecule has 4 nitrogen and oxygen atoms in total. The van der Waals surface area contributed by atoms with Gasteiger partial charge in [0.1, 0.15) is 12.1 Å². The van der Waals surface area contributed by atoms with Gasteiger partial charge in [0.2, 0.25) is 0 Å². The maximum Gasteiger partial charge on any atom is 0.282 e. The van der Waals surface area contributed by atoms with Crippen molar-refractivity contribution >= 4 is 6.02 Å². The van der Waals surface area contributed by atoms with Gasteiger partial charge in [0.15, 0.2) is 0 Å². The lowest BCUT2D eigenvalue weighted by molar-refractivity contribution is 0.0885. The van der Waals surface area contributed by atoms with E-state index in [4.69, 9.17) is 15.2 Å². The molecule has 1 heterocycles. The van der Waals surface area contributed by atoms with E-state index in [0.29, 0.717) is 19.8 Å². The molecule has 2 N–H and O–H groups in total. The van der Waals surface area contributed by atoms with E-state index in [9.17, 15) is 0 Å². The lowest BCUT2D eigenvalue weighted by Crippen LogP contribution is -2.30. The third-order valence-electron chi connectivity index (χ3n) is 1.53. The first-order valence-electron chi connectivity index (χ1n) is 3.72. The third-order valence-corrected chi connectivity index (χ3v) is 1.53. The van der Waals surface area contributed by atoms with Gasteiger partial charge in [0.25, 0.3) is 6.02 Å². The van der Waals surface area contributed by atoms with Gasteiger partial charge in [-0.15, -0.1) is 0 Å². The zero-order valence-corrected chi connectivity index (χ0v) is 6.96. The minimum atomic E-state index is -0.264. The molecule has 0 aromatic carbocycles. The van der Waals surface area contributed by atoms with Crippen LogP contribution in [0, 0.1) is 0 Å². The highest BCUT2D eigenvalue weighted by atomic mass is 16.5. The van der Waals surface area contributed by atoms with Crippen LogP contribution in [0.3, 0.4) is 0 Å². The van der Waals surface area contributed by atoms with E-state index in [1.165, 1.54) is 0 Å². The molecule has 4 heteroatoms. The predicted molar refractivity (Wildman–Crippen MR) is 42.5 cm³/mol. The molecule has 0 aliphatic carbocycles. The fourth-order valence-electron chi connectivity index (χ4n) is 0.956. The van der Waals surface area contributed by atoms with Gasteiger partial charge in [-0.3, -0.25) is 0 Å². The number of rotatable bonds is 3. The second kappa shape index (κ2) is 3.09. The number of aliphatic imine (C=N–C) groups is 1. The number of ether oxygens (including phenoxy) is 2. The highest BCUT2D eigenvalue weighted by molar-refractivity contribution is 5.73. The zero-order chi connectivity index (χ0) is 8.32. The summed E-state index contributed by atoms with van der Waals surface area (Å²) in [6.45, 7) is 5.71. The van der Waals surface area contributed by atoms with Crippen molar-refractivity contribution in [3.05, 3.63) is 0 Å². The first-order valence-corrected chi connectivity index (χ1v) is 3.72. The van der Waals surface area contributed by atoms with Crippen molar-refractivity contribution in [2.45, 2.75) is 19.4 Å². The summed E-state index contributed by atoms with van der Waals surface area (Å²) in [7, 11) is 0. The van der Waals surface area contributed by atoms with Crippen molar-refractivity contribution in [2.24, 2.45) is 10.7 Å². The van der Waals surface area contributed by atoms with Crippen LogP contribution in [0.25, 0.3) is 0 Å². The first-order chi connectivity index (χ1) is 5.16. The Bertz CT molecular complexity index is 170. The topological polar surface area (TPSA) is 56.8 Å². The summed E-state index contributed by atoms with van der Waals surface area (Å²) in [5.41, 5.74) is 5.09. The van der Waals surface area contributed by atoms with Crippen LogP contribution < -0.4 is 5.73 Å². The number of hydrogen-bond acceptors (Lipinski definition) is 4. The molecule has 0 spiro atoms. The van der Waals surface area contributed by atoms with E-state index in [2.05, 4.69) is 4.99 Å². The summed E-state index contributed by atoms with van der Waals surface area (Å²) >= 11 is 0. The Hall–Kier alpha value is -0.770. The molecule has 1 unspecified atom stereocenters. The van der Waals surface area contributed by atoms with E-state index in [-0.39, 0.29) is 11.6 Å². The Kier molecular flexibility index (Phi) is 2.34. The third kappa shape index (κ3) is 2.08. The van der Waals surface area contributed by atoms with E-state index in [1.807, 2.05) is 13.8 Å². The van der Waals surface area contributed by atoms with Crippen LogP contribution in [-0.2, 0) is 9.47 Å².